The van der Waals surface area contributed by atoms with Crippen LogP contribution in [-0.2, 0) is 11.3 Å². The number of imidazole rings is 1. The van der Waals surface area contributed by atoms with Gasteiger partial charge in [0.2, 0.25) is 5.91 Å². The fourth-order valence-corrected chi connectivity index (χ4v) is 4.38. The molecular formula is C20H35N5O. The van der Waals surface area contributed by atoms with Crippen LogP contribution in [-0.4, -0.2) is 83.5 Å². The maximum Gasteiger partial charge on any atom is 0.236 e. The third kappa shape index (κ3) is 4.86. The topological polar surface area (TPSA) is 44.6 Å². The molecule has 2 heterocycles. The third-order valence-electron chi connectivity index (χ3n) is 6.01. The van der Waals surface area contributed by atoms with Crippen LogP contribution in [0, 0.1) is 0 Å². The molecule has 1 atom stereocenters. The van der Waals surface area contributed by atoms with E-state index in [9.17, 15) is 4.79 Å². The summed E-state index contributed by atoms with van der Waals surface area (Å²) in [6.07, 6.45) is 11.3. The number of hydrogen-bond donors (Lipinski definition) is 0. The van der Waals surface area contributed by atoms with Crippen molar-refractivity contribution in [3.63, 3.8) is 0 Å². The molecule has 3 rings (SSSR count). The summed E-state index contributed by atoms with van der Waals surface area (Å²) in [6.45, 7) is 4.23. The summed E-state index contributed by atoms with van der Waals surface area (Å²) in [5, 5.41) is 0. The van der Waals surface area contributed by atoms with E-state index >= 15 is 0 Å². The zero-order valence-corrected chi connectivity index (χ0v) is 16.7. The van der Waals surface area contributed by atoms with Gasteiger partial charge in [0, 0.05) is 50.5 Å². The summed E-state index contributed by atoms with van der Waals surface area (Å²) in [6, 6.07) is 0.601. The molecule has 1 aromatic heterocycles. The number of carbonyl (C=O) groups excluding carboxylic acids is 1. The second-order valence-electron chi connectivity index (χ2n) is 8.31. The molecule has 2 aliphatic rings. The van der Waals surface area contributed by atoms with Crippen molar-refractivity contribution in [1.29, 1.82) is 0 Å². The molecule has 1 aromatic rings. The Bertz CT molecular complexity index is 579. The number of piperidine rings is 1. The number of likely N-dealkylation sites (N-methyl/N-ethyl adjacent to an activating group) is 2. The van der Waals surface area contributed by atoms with E-state index < -0.39 is 0 Å². The molecule has 26 heavy (non-hydrogen) atoms. The number of hydrogen-bond acceptors (Lipinski definition) is 4. The zero-order valence-electron chi connectivity index (χ0n) is 16.7. The highest BCUT2D eigenvalue weighted by molar-refractivity contribution is 5.78. The minimum atomic E-state index is 0.287. The Kier molecular flexibility index (Phi) is 6.70. The van der Waals surface area contributed by atoms with Crippen LogP contribution < -0.4 is 0 Å². The van der Waals surface area contributed by atoms with Crippen molar-refractivity contribution in [2.75, 3.05) is 47.3 Å². The molecule has 1 amide bonds. The van der Waals surface area contributed by atoms with Gasteiger partial charge in [-0.25, -0.2) is 4.98 Å². The van der Waals surface area contributed by atoms with Gasteiger partial charge in [0.1, 0.15) is 5.82 Å². The van der Waals surface area contributed by atoms with Gasteiger partial charge in [-0.2, -0.15) is 0 Å². The van der Waals surface area contributed by atoms with Crippen LogP contribution in [0.3, 0.4) is 0 Å². The molecule has 0 bridgehead atoms. The minimum absolute atomic E-state index is 0.287. The Morgan fingerprint density at radius 3 is 2.69 bits per heavy atom. The number of amides is 1. The molecule has 1 saturated carbocycles. The van der Waals surface area contributed by atoms with Crippen LogP contribution in [0.2, 0.25) is 0 Å². The molecule has 1 saturated heterocycles. The Hall–Kier alpha value is -1.40. The van der Waals surface area contributed by atoms with E-state index in [1.165, 1.54) is 25.7 Å². The van der Waals surface area contributed by atoms with Crippen LogP contribution in [0.4, 0.5) is 0 Å². The lowest BCUT2D eigenvalue weighted by molar-refractivity contribution is -0.133. The van der Waals surface area contributed by atoms with E-state index in [2.05, 4.69) is 51.6 Å². The van der Waals surface area contributed by atoms with Crippen LogP contribution in [0.1, 0.15) is 50.3 Å². The van der Waals surface area contributed by atoms with Crippen LogP contribution in [0.5, 0.6) is 0 Å². The van der Waals surface area contributed by atoms with Crippen molar-refractivity contribution in [3.05, 3.63) is 18.2 Å². The number of carbonyl (C=O) groups is 1. The first-order chi connectivity index (χ1) is 12.5. The average Bonchev–Trinajstić information content (AvgIpc) is 3.31. The lowest BCUT2D eigenvalue weighted by Gasteiger charge is -2.34. The SMILES string of the molecule is CN(C)CCn1ccnc1[C@@H]1CCCN(C(=O)CN(C)C2CCCC2)C1. The molecule has 146 valence electrons. The number of likely N-dealkylation sites (tertiary alicyclic amines) is 1. The average molecular weight is 362 g/mol. The lowest BCUT2D eigenvalue weighted by atomic mass is 9.97. The van der Waals surface area contributed by atoms with Crippen molar-refractivity contribution < 1.29 is 4.79 Å². The van der Waals surface area contributed by atoms with Gasteiger partial charge >= 0.3 is 0 Å². The summed E-state index contributed by atoms with van der Waals surface area (Å²) >= 11 is 0. The predicted molar refractivity (Wildman–Crippen MR) is 104 cm³/mol. The highest BCUT2D eigenvalue weighted by atomic mass is 16.2. The maximum absolute atomic E-state index is 12.8. The van der Waals surface area contributed by atoms with E-state index in [1.54, 1.807) is 0 Å². The van der Waals surface area contributed by atoms with Gasteiger partial charge in [-0.3, -0.25) is 9.69 Å². The summed E-state index contributed by atoms with van der Waals surface area (Å²) in [5.74, 6) is 1.80. The highest BCUT2D eigenvalue weighted by Gasteiger charge is 2.29. The quantitative estimate of drug-likeness (QED) is 0.745. The summed E-state index contributed by atoms with van der Waals surface area (Å²) in [5.41, 5.74) is 0. The van der Waals surface area contributed by atoms with Gasteiger partial charge in [-0.05, 0) is 46.8 Å². The molecule has 6 heteroatoms. The van der Waals surface area contributed by atoms with Crippen molar-refractivity contribution in [2.24, 2.45) is 0 Å². The third-order valence-corrected chi connectivity index (χ3v) is 6.01. The second-order valence-corrected chi connectivity index (χ2v) is 8.31. The Morgan fingerprint density at radius 1 is 1.19 bits per heavy atom. The molecule has 0 radical (unpaired) electrons. The largest absolute Gasteiger partial charge is 0.341 e. The smallest absolute Gasteiger partial charge is 0.236 e. The first-order valence-corrected chi connectivity index (χ1v) is 10.2. The molecule has 1 aliphatic heterocycles. The first-order valence-electron chi connectivity index (χ1n) is 10.2. The van der Waals surface area contributed by atoms with E-state index in [1.807, 2.05) is 6.20 Å². The van der Waals surface area contributed by atoms with E-state index in [0.717, 1.165) is 44.8 Å². The van der Waals surface area contributed by atoms with Gasteiger partial charge < -0.3 is 14.4 Å². The normalized spacial score (nSPS) is 21.9. The maximum atomic E-state index is 12.8. The second kappa shape index (κ2) is 9.00. The summed E-state index contributed by atoms with van der Waals surface area (Å²) in [4.78, 5) is 24.0. The highest BCUT2D eigenvalue weighted by Crippen LogP contribution is 2.27. The van der Waals surface area contributed by atoms with Crippen molar-refractivity contribution in [3.8, 4) is 0 Å². The number of rotatable bonds is 7. The zero-order chi connectivity index (χ0) is 18.5. The fraction of sp³-hybridized carbons (Fsp3) is 0.800. The van der Waals surface area contributed by atoms with Gasteiger partial charge in [-0.15, -0.1) is 0 Å². The van der Waals surface area contributed by atoms with Gasteiger partial charge in [0.25, 0.3) is 0 Å². The molecule has 2 fully saturated rings. The monoisotopic (exact) mass is 361 g/mol. The molecular weight excluding hydrogens is 326 g/mol. The predicted octanol–water partition coefficient (Wildman–Crippen LogP) is 2.03. The molecule has 0 N–H and O–H groups in total. The van der Waals surface area contributed by atoms with E-state index in [4.69, 9.17) is 0 Å². The number of aromatic nitrogens is 2. The first kappa shape index (κ1) is 19.4. The Balaban J connectivity index is 1.57. The van der Waals surface area contributed by atoms with Gasteiger partial charge in [0.15, 0.2) is 0 Å². The summed E-state index contributed by atoms with van der Waals surface area (Å²) in [7, 11) is 6.31. The van der Waals surface area contributed by atoms with Crippen molar-refractivity contribution >= 4 is 5.91 Å². The lowest BCUT2D eigenvalue weighted by Crippen LogP contribution is -2.46. The van der Waals surface area contributed by atoms with Crippen LogP contribution in [0.15, 0.2) is 12.4 Å². The van der Waals surface area contributed by atoms with Gasteiger partial charge in [0.05, 0.1) is 6.54 Å². The minimum Gasteiger partial charge on any atom is -0.341 e. The fourth-order valence-electron chi connectivity index (χ4n) is 4.38. The Labute approximate surface area is 158 Å². The molecule has 0 unspecified atom stereocenters. The molecule has 0 aromatic carbocycles. The van der Waals surface area contributed by atoms with Gasteiger partial charge in [-0.1, -0.05) is 12.8 Å². The van der Waals surface area contributed by atoms with Crippen molar-refractivity contribution in [1.82, 2.24) is 24.3 Å². The Morgan fingerprint density at radius 2 is 1.96 bits per heavy atom. The molecule has 1 aliphatic carbocycles. The van der Waals surface area contributed by atoms with Crippen molar-refractivity contribution in [2.45, 2.75) is 57.0 Å². The van der Waals surface area contributed by atoms with Crippen LogP contribution >= 0.6 is 0 Å². The molecule has 6 nitrogen and oxygen atoms in total. The standard InChI is InChI=1S/C20H35N5O/c1-22(2)13-14-24-12-10-21-20(24)17-7-6-11-25(15-17)19(26)16-23(3)18-8-4-5-9-18/h10,12,17-18H,4-9,11,13-16H2,1-3H3/t17-/m1/s1. The van der Waals surface area contributed by atoms with E-state index in [-0.39, 0.29) is 5.91 Å². The van der Waals surface area contributed by atoms with E-state index in [0.29, 0.717) is 18.5 Å². The van der Waals surface area contributed by atoms with Crippen LogP contribution in [0.25, 0.3) is 0 Å². The molecule has 0 spiro atoms. The summed E-state index contributed by atoms with van der Waals surface area (Å²) < 4.78 is 2.27. The number of nitrogens with zero attached hydrogens (tertiary/aromatic N) is 5.